The summed E-state index contributed by atoms with van der Waals surface area (Å²) in [5, 5.41) is 4.16. The molecule has 7 nitrogen and oxygen atoms in total. The summed E-state index contributed by atoms with van der Waals surface area (Å²) >= 11 is 0. The molecule has 1 atom stereocenters. The molecule has 2 aromatic heterocycles. The number of nitrogens with zero attached hydrogens (tertiary/aromatic N) is 5. The third-order valence-electron chi connectivity index (χ3n) is 4.23. The van der Waals surface area contributed by atoms with Crippen LogP contribution in [-0.2, 0) is 11.8 Å². The van der Waals surface area contributed by atoms with Gasteiger partial charge in [0.15, 0.2) is 11.4 Å². The van der Waals surface area contributed by atoms with Crippen LogP contribution in [0.5, 0.6) is 0 Å². The molecule has 1 aliphatic rings. The summed E-state index contributed by atoms with van der Waals surface area (Å²) in [6.45, 7) is 6.01. The number of oxazole rings is 1. The molecule has 3 heterocycles. The number of fused-ring (bicyclic) bond motifs is 1. The summed E-state index contributed by atoms with van der Waals surface area (Å²) in [4.78, 5) is 11.2. The molecule has 0 saturated carbocycles. The maximum atomic E-state index is 6.06. The average molecular weight is 313 g/mol. The fourth-order valence-corrected chi connectivity index (χ4v) is 3.14. The van der Waals surface area contributed by atoms with Gasteiger partial charge < -0.3 is 14.1 Å². The highest BCUT2D eigenvalue weighted by Gasteiger charge is 2.31. The molecule has 23 heavy (non-hydrogen) atoms. The van der Waals surface area contributed by atoms with E-state index >= 15 is 0 Å². The number of ether oxygens (including phenoxy) is 1. The maximum Gasteiger partial charge on any atom is 0.299 e. The monoisotopic (exact) mass is 313 g/mol. The second-order valence-corrected chi connectivity index (χ2v) is 5.95. The van der Waals surface area contributed by atoms with Gasteiger partial charge in [0.25, 0.3) is 6.01 Å². The lowest BCUT2D eigenvalue weighted by Crippen LogP contribution is -2.41. The van der Waals surface area contributed by atoms with Crippen LogP contribution in [0.3, 0.4) is 0 Å². The zero-order chi connectivity index (χ0) is 16.0. The first kappa shape index (κ1) is 14.2. The molecule has 0 radical (unpaired) electrons. The summed E-state index contributed by atoms with van der Waals surface area (Å²) in [5.74, 6) is 0.847. The minimum absolute atomic E-state index is 0.0503. The Balaban J connectivity index is 1.78. The van der Waals surface area contributed by atoms with Crippen LogP contribution in [0.15, 0.2) is 22.9 Å². The Morgan fingerprint density at radius 1 is 1.26 bits per heavy atom. The molecule has 3 aromatic rings. The van der Waals surface area contributed by atoms with Crippen molar-refractivity contribution in [2.45, 2.75) is 19.9 Å². The van der Waals surface area contributed by atoms with Crippen molar-refractivity contribution in [1.82, 2.24) is 19.7 Å². The molecule has 1 aliphatic heterocycles. The van der Waals surface area contributed by atoms with E-state index in [4.69, 9.17) is 14.1 Å². The van der Waals surface area contributed by atoms with Crippen LogP contribution in [0, 0.1) is 13.8 Å². The first-order valence-electron chi connectivity index (χ1n) is 7.69. The molecule has 4 rings (SSSR count). The Kier molecular flexibility index (Phi) is 3.30. The Labute approximate surface area is 133 Å². The molecule has 1 aromatic carbocycles. The summed E-state index contributed by atoms with van der Waals surface area (Å²) in [7, 11) is 1.88. The smallest absolute Gasteiger partial charge is 0.299 e. The van der Waals surface area contributed by atoms with Crippen molar-refractivity contribution in [1.29, 1.82) is 0 Å². The molecule has 0 bridgehead atoms. The number of rotatable bonds is 2. The molecular formula is C16H19N5O2. The number of benzene rings is 1. The van der Waals surface area contributed by atoms with E-state index in [1.165, 1.54) is 5.56 Å². The molecule has 1 saturated heterocycles. The van der Waals surface area contributed by atoms with Gasteiger partial charge in [-0.3, -0.25) is 4.68 Å². The van der Waals surface area contributed by atoms with Crippen LogP contribution < -0.4 is 4.90 Å². The quantitative estimate of drug-likeness (QED) is 0.722. The van der Waals surface area contributed by atoms with Gasteiger partial charge in [-0.05, 0) is 31.0 Å². The first-order valence-corrected chi connectivity index (χ1v) is 7.69. The highest BCUT2D eigenvalue weighted by atomic mass is 16.5. The van der Waals surface area contributed by atoms with Gasteiger partial charge in [0.1, 0.15) is 17.9 Å². The highest BCUT2D eigenvalue weighted by molar-refractivity contribution is 5.79. The third-order valence-corrected chi connectivity index (χ3v) is 4.23. The lowest BCUT2D eigenvalue weighted by Gasteiger charge is -2.33. The van der Waals surface area contributed by atoms with Crippen molar-refractivity contribution < 1.29 is 9.15 Å². The van der Waals surface area contributed by atoms with E-state index in [2.05, 4.69) is 28.0 Å². The van der Waals surface area contributed by atoms with Crippen molar-refractivity contribution in [3.8, 4) is 0 Å². The van der Waals surface area contributed by atoms with Crippen molar-refractivity contribution in [3.05, 3.63) is 35.4 Å². The fourth-order valence-electron chi connectivity index (χ4n) is 3.14. The van der Waals surface area contributed by atoms with Gasteiger partial charge in [0.05, 0.1) is 13.2 Å². The Morgan fingerprint density at radius 2 is 2.13 bits per heavy atom. The van der Waals surface area contributed by atoms with Gasteiger partial charge in [0, 0.05) is 13.6 Å². The van der Waals surface area contributed by atoms with Crippen molar-refractivity contribution in [3.63, 3.8) is 0 Å². The predicted molar refractivity (Wildman–Crippen MR) is 85.4 cm³/mol. The highest BCUT2D eigenvalue weighted by Crippen LogP contribution is 2.32. The average Bonchev–Trinajstić information content (AvgIpc) is 3.13. The zero-order valence-corrected chi connectivity index (χ0v) is 13.5. The largest absolute Gasteiger partial charge is 0.423 e. The molecule has 0 spiro atoms. The first-order chi connectivity index (χ1) is 11.1. The van der Waals surface area contributed by atoms with Crippen LogP contribution in [0.25, 0.3) is 11.1 Å². The lowest BCUT2D eigenvalue weighted by atomic mass is 10.1. The number of hydrogen-bond donors (Lipinski definition) is 0. The van der Waals surface area contributed by atoms with Crippen LogP contribution in [-0.4, -0.2) is 39.5 Å². The Bertz CT molecular complexity index is 853. The fraction of sp³-hybridized carbons (Fsp3) is 0.438. The topological polar surface area (TPSA) is 69.2 Å². The molecule has 1 fully saturated rings. The van der Waals surface area contributed by atoms with Gasteiger partial charge in [0.2, 0.25) is 0 Å². The molecule has 0 amide bonds. The molecular weight excluding hydrogens is 294 g/mol. The number of morpholine rings is 1. The van der Waals surface area contributed by atoms with E-state index in [1.807, 2.05) is 20.0 Å². The van der Waals surface area contributed by atoms with Crippen LogP contribution in [0.1, 0.15) is 23.0 Å². The van der Waals surface area contributed by atoms with E-state index in [1.54, 1.807) is 11.0 Å². The van der Waals surface area contributed by atoms with Crippen LogP contribution >= 0.6 is 0 Å². The minimum Gasteiger partial charge on any atom is -0.423 e. The third kappa shape index (κ3) is 2.37. The standard InChI is InChI=1S/C16H19N5O2/c1-10-6-11(2)14-12(7-10)19-16(23-14)21-4-5-22-8-13(21)15-17-9-18-20(15)3/h6-7,9,13H,4-5,8H2,1-3H3. The van der Waals surface area contributed by atoms with Gasteiger partial charge >= 0.3 is 0 Å². The van der Waals surface area contributed by atoms with Gasteiger partial charge in [-0.2, -0.15) is 10.1 Å². The number of anilines is 1. The van der Waals surface area contributed by atoms with Gasteiger partial charge in [-0.15, -0.1) is 0 Å². The maximum absolute atomic E-state index is 6.06. The minimum atomic E-state index is -0.0503. The molecule has 7 heteroatoms. The Morgan fingerprint density at radius 3 is 2.91 bits per heavy atom. The molecule has 120 valence electrons. The number of aromatic nitrogens is 4. The van der Waals surface area contributed by atoms with E-state index < -0.39 is 0 Å². The van der Waals surface area contributed by atoms with Gasteiger partial charge in [-0.25, -0.2) is 4.98 Å². The van der Waals surface area contributed by atoms with E-state index in [0.29, 0.717) is 25.8 Å². The van der Waals surface area contributed by atoms with E-state index in [9.17, 15) is 0 Å². The van der Waals surface area contributed by atoms with E-state index in [0.717, 1.165) is 22.5 Å². The normalized spacial score (nSPS) is 18.7. The second kappa shape index (κ2) is 5.34. The second-order valence-electron chi connectivity index (χ2n) is 5.95. The molecule has 0 N–H and O–H groups in total. The summed E-state index contributed by atoms with van der Waals surface area (Å²) in [6, 6.07) is 4.72. The van der Waals surface area contributed by atoms with E-state index in [-0.39, 0.29) is 6.04 Å². The van der Waals surface area contributed by atoms with Crippen molar-refractivity contribution in [2.75, 3.05) is 24.7 Å². The number of hydrogen-bond acceptors (Lipinski definition) is 6. The predicted octanol–water partition coefficient (Wildman–Crippen LogP) is 2.15. The van der Waals surface area contributed by atoms with Crippen LogP contribution in [0.4, 0.5) is 6.01 Å². The summed E-state index contributed by atoms with van der Waals surface area (Å²) in [5.41, 5.74) is 4.01. The number of aryl methyl sites for hydroxylation is 3. The van der Waals surface area contributed by atoms with Crippen molar-refractivity contribution >= 4 is 17.1 Å². The van der Waals surface area contributed by atoms with Crippen LogP contribution in [0.2, 0.25) is 0 Å². The molecule has 1 unspecified atom stereocenters. The van der Waals surface area contributed by atoms with Gasteiger partial charge in [-0.1, -0.05) is 6.07 Å². The molecule has 0 aliphatic carbocycles. The van der Waals surface area contributed by atoms with Crippen molar-refractivity contribution in [2.24, 2.45) is 7.05 Å². The SMILES string of the molecule is Cc1cc(C)c2oc(N3CCOCC3c3ncnn3C)nc2c1. The zero-order valence-electron chi connectivity index (χ0n) is 13.5. The summed E-state index contributed by atoms with van der Waals surface area (Å²) < 4.78 is 13.5. The Hall–Kier alpha value is -2.41. The lowest BCUT2D eigenvalue weighted by molar-refractivity contribution is 0.0879. The summed E-state index contributed by atoms with van der Waals surface area (Å²) in [6.07, 6.45) is 1.56.